The van der Waals surface area contributed by atoms with Crippen molar-refractivity contribution in [2.75, 3.05) is 0 Å². The summed E-state index contributed by atoms with van der Waals surface area (Å²) in [4.78, 5) is 22.4. The Hall–Kier alpha value is -1.75. The number of thioether (sulfide) groups is 1. The van der Waals surface area contributed by atoms with Crippen molar-refractivity contribution < 1.29 is 14.0 Å². The van der Waals surface area contributed by atoms with E-state index in [1.165, 1.54) is 0 Å². The molecule has 1 fully saturated rings. The van der Waals surface area contributed by atoms with Crippen LogP contribution in [0.4, 0.5) is 4.79 Å². The number of imide groups is 1. The molecule has 2 aromatic rings. The molecule has 0 saturated carbocycles. The number of hydrogen-bond donors (Lipinski definition) is 1. The van der Waals surface area contributed by atoms with E-state index in [-0.39, 0.29) is 16.4 Å². The van der Waals surface area contributed by atoms with Crippen LogP contribution in [0.15, 0.2) is 34.7 Å². The number of rotatable bonds is 2. The SMILES string of the molecule is O=C1NC(=O)[C@@H](Cc2cc3ccccc3o2)S1. The average Bonchev–Trinajstić information content (AvgIpc) is 2.82. The molecule has 0 spiro atoms. The van der Waals surface area contributed by atoms with E-state index in [0.717, 1.165) is 28.5 Å². The maximum Gasteiger partial charge on any atom is 0.286 e. The van der Waals surface area contributed by atoms with E-state index >= 15 is 0 Å². The van der Waals surface area contributed by atoms with Crippen LogP contribution in [-0.2, 0) is 11.2 Å². The van der Waals surface area contributed by atoms with Crippen molar-refractivity contribution in [2.45, 2.75) is 11.7 Å². The minimum atomic E-state index is -0.372. The number of amides is 2. The van der Waals surface area contributed by atoms with E-state index in [1.807, 2.05) is 30.3 Å². The van der Waals surface area contributed by atoms with Gasteiger partial charge in [-0.15, -0.1) is 0 Å². The Balaban J connectivity index is 1.85. The quantitative estimate of drug-likeness (QED) is 0.884. The largest absolute Gasteiger partial charge is 0.461 e. The van der Waals surface area contributed by atoms with Crippen molar-refractivity contribution in [1.29, 1.82) is 0 Å². The lowest BCUT2D eigenvalue weighted by atomic mass is 10.2. The highest BCUT2D eigenvalue weighted by molar-refractivity contribution is 8.15. The monoisotopic (exact) mass is 247 g/mol. The predicted molar refractivity (Wildman–Crippen MR) is 64.8 cm³/mol. The Bertz CT molecular complexity index is 572. The second-order valence-corrected chi connectivity index (χ2v) is 5.01. The van der Waals surface area contributed by atoms with E-state index in [2.05, 4.69) is 5.32 Å². The highest BCUT2D eigenvalue weighted by atomic mass is 32.2. The summed E-state index contributed by atoms with van der Waals surface area (Å²) in [6.45, 7) is 0. The predicted octanol–water partition coefficient (Wildman–Crippen LogP) is 2.33. The zero-order chi connectivity index (χ0) is 11.8. The highest BCUT2D eigenvalue weighted by Gasteiger charge is 2.32. The number of carbonyl (C=O) groups is 2. The van der Waals surface area contributed by atoms with E-state index < -0.39 is 0 Å². The summed E-state index contributed by atoms with van der Waals surface area (Å²) in [6.07, 6.45) is 0.441. The number of furan rings is 1. The zero-order valence-corrected chi connectivity index (χ0v) is 9.62. The molecule has 0 aliphatic carbocycles. The smallest absolute Gasteiger partial charge is 0.286 e. The minimum Gasteiger partial charge on any atom is -0.461 e. The number of benzene rings is 1. The van der Waals surface area contributed by atoms with Crippen LogP contribution >= 0.6 is 11.8 Å². The van der Waals surface area contributed by atoms with Gasteiger partial charge in [-0.2, -0.15) is 0 Å². The maximum atomic E-state index is 11.4. The average molecular weight is 247 g/mol. The maximum absolute atomic E-state index is 11.4. The molecule has 1 aliphatic rings. The number of para-hydroxylation sites is 1. The Morgan fingerprint density at radius 2 is 2.12 bits per heavy atom. The summed E-state index contributed by atoms with van der Waals surface area (Å²) in [5.74, 6) is 0.494. The number of carbonyl (C=O) groups excluding carboxylic acids is 2. The van der Waals surface area contributed by atoms with Crippen molar-refractivity contribution in [3.05, 3.63) is 36.1 Å². The summed E-state index contributed by atoms with van der Waals surface area (Å²) in [7, 11) is 0. The lowest BCUT2D eigenvalue weighted by molar-refractivity contribution is -0.119. The van der Waals surface area contributed by atoms with Gasteiger partial charge in [-0.05, 0) is 12.1 Å². The second-order valence-electron chi connectivity index (χ2n) is 3.84. The summed E-state index contributed by atoms with van der Waals surface area (Å²) in [5, 5.41) is 2.62. The van der Waals surface area contributed by atoms with Gasteiger partial charge < -0.3 is 4.42 Å². The molecule has 2 amide bonds. The third-order valence-electron chi connectivity index (χ3n) is 2.63. The molecule has 4 nitrogen and oxygen atoms in total. The topological polar surface area (TPSA) is 59.3 Å². The van der Waals surface area contributed by atoms with Crippen LogP contribution in [0, 0.1) is 0 Å². The molecule has 3 rings (SSSR count). The van der Waals surface area contributed by atoms with Crippen LogP contribution < -0.4 is 5.32 Å². The van der Waals surface area contributed by atoms with Crippen LogP contribution in [0.2, 0.25) is 0 Å². The van der Waals surface area contributed by atoms with Crippen LogP contribution in [0.5, 0.6) is 0 Å². The van der Waals surface area contributed by atoms with Crippen LogP contribution in [0.3, 0.4) is 0 Å². The third-order valence-corrected chi connectivity index (χ3v) is 3.61. The molecule has 1 atom stereocenters. The van der Waals surface area contributed by atoms with Crippen molar-refractivity contribution in [2.24, 2.45) is 0 Å². The molecule has 1 aliphatic heterocycles. The van der Waals surface area contributed by atoms with Crippen LogP contribution in [0.25, 0.3) is 11.0 Å². The Morgan fingerprint density at radius 1 is 1.29 bits per heavy atom. The first kappa shape index (κ1) is 10.4. The normalized spacial score (nSPS) is 19.9. The minimum absolute atomic E-state index is 0.236. The fourth-order valence-electron chi connectivity index (χ4n) is 1.85. The molecule has 1 aromatic heterocycles. The van der Waals surface area contributed by atoms with E-state index in [1.54, 1.807) is 0 Å². The van der Waals surface area contributed by atoms with E-state index in [9.17, 15) is 9.59 Å². The number of hydrogen-bond acceptors (Lipinski definition) is 4. The van der Waals surface area contributed by atoms with Gasteiger partial charge >= 0.3 is 0 Å². The second kappa shape index (κ2) is 3.92. The molecule has 1 aromatic carbocycles. The zero-order valence-electron chi connectivity index (χ0n) is 8.80. The van der Waals surface area contributed by atoms with Crippen molar-refractivity contribution in [3.8, 4) is 0 Å². The van der Waals surface area contributed by atoms with E-state index in [4.69, 9.17) is 4.42 Å². The highest BCUT2D eigenvalue weighted by Crippen LogP contribution is 2.26. The molecule has 0 bridgehead atoms. The van der Waals surface area contributed by atoms with Gasteiger partial charge in [-0.1, -0.05) is 30.0 Å². The summed E-state index contributed by atoms with van der Waals surface area (Å²) in [6, 6.07) is 9.57. The van der Waals surface area contributed by atoms with Crippen molar-refractivity contribution >= 4 is 33.9 Å². The van der Waals surface area contributed by atoms with Crippen LogP contribution in [-0.4, -0.2) is 16.4 Å². The molecule has 0 radical (unpaired) electrons. The molecule has 17 heavy (non-hydrogen) atoms. The standard InChI is InChI=1S/C12H9NO3S/c14-11-10(17-12(15)13-11)6-8-5-7-3-1-2-4-9(7)16-8/h1-5,10H,6H2,(H,13,14,15)/t10-/m1/s1. The van der Waals surface area contributed by atoms with Gasteiger partial charge in [0.15, 0.2) is 0 Å². The molecule has 2 heterocycles. The molecule has 0 unspecified atom stereocenters. The van der Waals surface area contributed by atoms with Gasteiger partial charge in [0.05, 0.1) is 0 Å². The van der Waals surface area contributed by atoms with Crippen molar-refractivity contribution in [3.63, 3.8) is 0 Å². The lowest BCUT2D eigenvalue weighted by Gasteiger charge is -2.00. The van der Waals surface area contributed by atoms with Gasteiger partial charge in [-0.3, -0.25) is 14.9 Å². The summed E-state index contributed by atoms with van der Waals surface area (Å²) in [5.41, 5.74) is 0.803. The third kappa shape index (κ3) is 1.93. The summed E-state index contributed by atoms with van der Waals surface area (Å²) < 4.78 is 5.61. The fourth-order valence-corrected chi connectivity index (χ4v) is 2.68. The molecular formula is C12H9NO3S. The van der Waals surface area contributed by atoms with Crippen molar-refractivity contribution in [1.82, 2.24) is 5.32 Å². The molecule has 1 N–H and O–H groups in total. The molecular weight excluding hydrogens is 238 g/mol. The van der Waals surface area contributed by atoms with E-state index in [0.29, 0.717) is 6.42 Å². The Kier molecular flexibility index (Phi) is 2.40. The molecule has 86 valence electrons. The van der Waals surface area contributed by atoms with Gasteiger partial charge in [0, 0.05) is 11.8 Å². The molecule has 5 heteroatoms. The van der Waals surface area contributed by atoms with Gasteiger partial charge in [-0.25, -0.2) is 0 Å². The first-order valence-electron chi connectivity index (χ1n) is 5.21. The fraction of sp³-hybridized carbons (Fsp3) is 0.167. The van der Waals surface area contributed by atoms with Crippen LogP contribution in [0.1, 0.15) is 5.76 Å². The molecule has 1 saturated heterocycles. The van der Waals surface area contributed by atoms with Gasteiger partial charge in [0.25, 0.3) is 5.24 Å². The van der Waals surface area contributed by atoms with Gasteiger partial charge in [0.1, 0.15) is 16.6 Å². The number of nitrogens with one attached hydrogen (secondary N) is 1. The lowest BCUT2D eigenvalue weighted by Crippen LogP contribution is -2.25. The first-order valence-corrected chi connectivity index (χ1v) is 6.09. The Morgan fingerprint density at radius 3 is 2.82 bits per heavy atom. The Labute approximate surface area is 101 Å². The van der Waals surface area contributed by atoms with Gasteiger partial charge in [0.2, 0.25) is 5.91 Å². The summed E-state index contributed by atoms with van der Waals surface area (Å²) >= 11 is 1.02. The number of fused-ring (bicyclic) bond motifs is 1. The first-order chi connectivity index (χ1) is 8.22.